The van der Waals surface area contributed by atoms with Crippen LogP contribution in [0.25, 0.3) is 10.9 Å². The predicted molar refractivity (Wildman–Crippen MR) is 132 cm³/mol. The lowest BCUT2D eigenvalue weighted by Crippen LogP contribution is -2.46. The number of hydrogen-bond acceptors (Lipinski definition) is 3. The molecule has 0 aliphatic carbocycles. The van der Waals surface area contributed by atoms with Gasteiger partial charge in [0.15, 0.2) is 0 Å². The van der Waals surface area contributed by atoms with Crippen molar-refractivity contribution < 1.29 is 14.3 Å². The zero-order valence-corrected chi connectivity index (χ0v) is 19.5. The van der Waals surface area contributed by atoms with Crippen LogP contribution in [0.4, 0.5) is 0 Å². The van der Waals surface area contributed by atoms with Crippen molar-refractivity contribution in [2.24, 2.45) is 0 Å². The van der Waals surface area contributed by atoms with Crippen molar-refractivity contribution in [2.45, 2.75) is 32.5 Å². The van der Waals surface area contributed by atoms with Gasteiger partial charge in [-0.2, -0.15) is 0 Å². The van der Waals surface area contributed by atoms with Crippen LogP contribution in [0.3, 0.4) is 0 Å². The molecule has 1 aliphatic rings. The highest BCUT2D eigenvalue weighted by molar-refractivity contribution is 6.03. The number of H-pyrrole nitrogens is 1. The Morgan fingerprint density at radius 3 is 2.53 bits per heavy atom. The molecule has 34 heavy (non-hydrogen) atoms. The molecule has 2 heterocycles. The Hall–Kier alpha value is -4.06. The van der Waals surface area contributed by atoms with E-state index >= 15 is 0 Å². The standard InChI is InChI=1S/C28H27N3O3/c1-17-25(23-10-6-7-11-24(23)30-17)26-21-8-4-5-9-22(21)28(33)31(26)18(2)27(32)29-16-19-12-14-20(34-3)15-13-19/h4-15,18,26,30H,16H2,1-3H3,(H,29,32). The lowest BCUT2D eigenvalue weighted by atomic mass is 9.95. The second kappa shape index (κ2) is 8.71. The highest BCUT2D eigenvalue weighted by atomic mass is 16.5. The van der Waals surface area contributed by atoms with Gasteiger partial charge in [0.05, 0.1) is 13.2 Å². The third-order valence-corrected chi connectivity index (χ3v) is 6.64. The molecule has 2 atom stereocenters. The first-order chi connectivity index (χ1) is 16.5. The SMILES string of the molecule is COc1ccc(CNC(=O)C(C)N2C(=O)c3ccccc3C2c2c(C)[nH]c3ccccc23)cc1. The third kappa shape index (κ3) is 3.61. The van der Waals surface area contributed by atoms with Gasteiger partial charge in [-0.25, -0.2) is 0 Å². The number of rotatable bonds is 6. The van der Waals surface area contributed by atoms with Crippen LogP contribution in [0, 0.1) is 6.92 Å². The first kappa shape index (κ1) is 21.8. The number of carbonyl (C=O) groups excluding carboxylic acids is 2. The van der Waals surface area contributed by atoms with E-state index in [0.717, 1.165) is 39.0 Å². The summed E-state index contributed by atoms with van der Waals surface area (Å²) in [5, 5.41) is 4.06. The zero-order chi connectivity index (χ0) is 23.8. The van der Waals surface area contributed by atoms with E-state index in [1.807, 2.05) is 73.7 Å². The number of aromatic amines is 1. The summed E-state index contributed by atoms with van der Waals surface area (Å²) in [4.78, 5) is 32.0. The number of nitrogens with one attached hydrogen (secondary N) is 2. The molecular formula is C28H27N3O3. The number of para-hydroxylation sites is 1. The lowest BCUT2D eigenvalue weighted by Gasteiger charge is -2.31. The van der Waals surface area contributed by atoms with Crippen LogP contribution in [0.1, 0.15) is 45.7 Å². The van der Waals surface area contributed by atoms with Crippen LogP contribution in [-0.2, 0) is 11.3 Å². The van der Waals surface area contributed by atoms with Gasteiger partial charge in [-0.05, 0) is 49.2 Å². The number of nitrogens with zero attached hydrogens (tertiary/aromatic N) is 1. The molecule has 0 saturated carbocycles. The van der Waals surface area contributed by atoms with Crippen molar-refractivity contribution in [1.29, 1.82) is 0 Å². The molecule has 0 spiro atoms. The number of fused-ring (bicyclic) bond motifs is 2. The summed E-state index contributed by atoms with van der Waals surface area (Å²) < 4.78 is 5.20. The number of aromatic nitrogens is 1. The number of benzene rings is 3. The summed E-state index contributed by atoms with van der Waals surface area (Å²) in [5.41, 5.74) is 5.57. The molecule has 6 heteroatoms. The fourth-order valence-electron chi connectivity index (χ4n) is 4.89. The minimum atomic E-state index is -0.656. The summed E-state index contributed by atoms with van der Waals surface area (Å²) >= 11 is 0. The Kier molecular flexibility index (Phi) is 5.57. The largest absolute Gasteiger partial charge is 0.497 e. The molecule has 2 unspecified atom stereocenters. The van der Waals surface area contributed by atoms with Gasteiger partial charge < -0.3 is 19.9 Å². The van der Waals surface area contributed by atoms with Crippen molar-refractivity contribution >= 4 is 22.7 Å². The van der Waals surface area contributed by atoms with Crippen LogP contribution in [0.5, 0.6) is 5.75 Å². The fraction of sp³-hybridized carbons (Fsp3) is 0.214. The van der Waals surface area contributed by atoms with Gasteiger partial charge in [-0.1, -0.05) is 48.5 Å². The maximum Gasteiger partial charge on any atom is 0.255 e. The molecule has 6 nitrogen and oxygen atoms in total. The van der Waals surface area contributed by atoms with Crippen molar-refractivity contribution in [3.8, 4) is 5.75 Å². The summed E-state index contributed by atoms with van der Waals surface area (Å²) in [5.74, 6) is 0.442. The Morgan fingerprint density at radius 2 is 1.76 bits per heavy atom. The molecule has 0 fully saturated rings. The number of ether oxygens (including phenoxy) is 1. The van der Waals surface area contributed by atoms with Gasteiger partial charge in [0.25, 0.3) is 5.91 Å². The first-order valence-electron chi connectivity index (χ1n) is 11.4. The molecule has 3 aromatic carbocycles. The highest BCUT2D eigenvalue weighted by Gasteiger charge is 2.43. The van der Waals surface area contributed by atoms with E-state index in [9.17, 15) is 9.59 Å². The summed E-state index contributed by atoms with van der Waals surface area (Å²) in [6.07, 6.45) is 0. The quantitative estimate of drug-likeness (QED) is 0.443. The van der Waals surface area contributed by atoms with E-state index in [0.29, 0.717) is 12.1 Å². The third-order valence-electron chi connectivity index (χ3n) is 6.64. The van der Waals surface area contributed by atoms with E-state index in [1.54, 1.807) is 18.9 Å². The number of methoxy groups -OCH3 is 1. The van der Waals surface area contributed by atoms with Crippen molar-refractivity contribution in [2.75, 3.05) is 7.11 Å². The number of amides is 2. The van der Waals surface area contributed by atoms with Crippen LogP contribution >= 0.6 is 0 Å². The Balaban J connectivity index is 1.48. The van der Waals surface area contributed by atoms with Gasteiger partial charge in [-0.3, -0.25) is 9.59 Å². The first-order valence-corrected chi connectivity index (χ1v) is 11.4. The summed E-state index contributed by atoms with van der Waals surface area (Å²) in [7, 11) is 1.62. The smallest absolute Gasteiger partial charge is 0.255 e. The minimum Gasteiger partial charge on any atom is -0.497 e. The van der Waals surface area contributed by atoms with E-state index < -0.39 is 6.04 Å². The predicted octanol–water partition coefficient (Wildman–Crippen LogP) is 4.74. The van der Waals surface area contributed by atoms with Gasteiger partial charge >= 0.3 is 0 Å². The van der Waals surface area contributed by atoms with Crippen molar-refractivity contribution in [1.82, 2.24) is 15.2 Å². The van der Waals surface area contributed by atoms with Crippen LogP contribution in [0.2, 0.25) is 0 Å². The molecule has 1 aromatic heterocycles. The Morgan fingerprint density at radius 1 is 1.06 bits per heavy atom. The maximum absolute atomic E-state index is 13.6. The monoisotopic (exact) mass is 453 g/mol. The maximum atomic E-state index is 13.6. The Labute approximate surface area is 198 Å². The fourth-order valence-corrected chi connectivity index (χ4v) is 4.89. The number of carbonyl (C=O) groups is 2. The minimum absolute atomic E-state index is 0.127. The number of aryl methyl sites for hydroxylation is 1. The van der Waals surface area contributed by atoms with Crippen LogP contribution in [-0.4, -0.2) is 34.8 Å². The zero-order valence-electron chi connectivity index (χ0n) is 19.5. The molecule has 0 bridgehead atoms. The molecule has 5 rings (SSSR count). The molecule has 2 N–H and O–H groups in total. The normalized spacial score (nSPS) is 15.9. The van der Waals surface area contributed by atoms with E-state index in [1.165, 1.54) is 0 Å². The molecule has 4 aromatic rings. The molecule has 2 amide bonds. The highest BCUT2D eigenvalue weighted by Crippen LogP contribution is 2.43. The van der Waals surface area contributed by atoms with Crippen LogP contribution < -0.4 is 10.1 Å². The van der Waals surface area contributed by atoms with Gasteiger partial charge in [0, 0.05) is 34.3 Å². The van der Waals surface area contributed by atoms with Gasteiger partial charge in [0.2, 0.25) is 5.91 Å². The number of hydrogen-bond donors (Lipinski definition) is 2. The van der Waals surface area contributed by atoms with E-state index in [-0.39, 0.29) is 17.9 Å². The van der Waals surface area contributed by atoms with Crippen molar-refractivity contribution in [3.63, 3.8) is 0 Å². The second-order valence-corrected chi connectivity index (χ2v) is 8.65. The molecule has 0 radical (unpaired) electrons. The molecule has 172 valence electrons. The average Bonchev–Trinajstić information content (AvgIpc) is 3.35. The van der Waals surface area contributed by atoms with Gasteiger partial charge in [0.1, 0.15) is 11.8 Å². The Bertz CT molecular complexity index is 1370. The van der Waals surface area contributed by atoms with Crippen molar-refractivity contribution in [3.05, 3.63) is 101 Å². The van der Waals surface area contributed by atoms with Crippen LogP contribution in [0.15, 0.2) is 72.8 Å². The second-order valence-electron chi connectivity index (χ2n) is 8.65. The molecule has 1 aliphatic heterocycles. The lowest BCUT2D eigenvalue weighted by molar-refractivity contribution is -0.125. The molecular weight excluding hydrogens is 426 g/mol. The average molecular weight is 454 g/mol. The topological polar surface area (TPSA) is 74.4 Å². The van der Waals surface area contributed by atoms with Gasteiger partial charge in [-0.15, -0.1) is 0 Å². The molecule has 0 saturated heterocycles. The summed E-state index contributed by atoms with van der Waals surface area (Å²) in [6, 6.07) is 22.3. The summed E-state index contributed by atoms with van der Waals surface area (Å²) in [6.45, 7) is 4.19. The van der Waals surface area contributed by atoms with E-state index in [2.05, 4.69) is 16.4 Å². The van der Waals surface area contributed by atoms with E-state index in [4.69, 9.17) is 4.74 Å².